The summed E-state index contributed by atoms with van der Waals surface area (Å²) in [6.07, 6.45) is 1.84. The minimum Gasteiger partial charge on any atom is -0.345 e. The van der Waals surface area contributed by atoms with Gasteiger partial charge in [-0.1, -0.05) is 17.7 Å². The van der Waals surface area contributed by atoms with Crippen LogP contribution < -0.4 is 5.32 Å². The Balaban J connectivity index is 1.83. The number of nitro benzene ring substituents is 1. The van der Waals surface area contributed by atoms with Crippen molar-refractivity contribution in [1.29, 1.82) is 0 Å². The molecule has 0 aliphatic rings. The number of nitrogens with one attached hydrogen (secondary N) is 1. The average molecular weight is 417 g/mol. The van der Waals surface area contributed by atoms with E-state index in [4.69, 9.17) is 11.6 Å². The SMILES string of the molecule is C=CCn1c(C)cc(-c2csc(NC(=O)c3ccc(Cl)c([N+](=O)[O-])c3)n2)c1C. The van der Waals surface area contributed by atoms with Crippen LogP contribution in [0.25, 0.3) is 11.3 Å². The van der Waals surface area contributed by atoms with Crippen LogP contribution >= 0.6 is 22.9 Å². The molecule has 0 fully saturated rings. The molecule has 7 nitrogen and oxygen atoms in total. The van der Waals surface area contributed by atoms with Gasteiger partial charge in [-0.3, -0.25) is 20.2 Å². The summed E-state index contributed by atoms with van der Waals surface area (Å²) in [5.41, 5.74) is 3.72. The lowest BCUT2D eigenvalue weighted by Crippen LogP contribution is -2.12. The van der Waals surface area contributed by atoms with Crippen molar-refractivity contribution >= 4 is 39.7 Å². The number of anilines is 1. The average Bonchev–Trinajstić information content (AvgIpc) is 3.21. The first kappa shape index (κ1) is 19.8. The van der Waals surface area contributed by atoms with Gasteiger partial charge in [0.15, 0.2) is 5.13 Å². The Morgan fingerprint density at radius 2 is 2.18 bits per heavy atom. The number of aryl methyl sites for hydroxylation is 1. The first-order valence-electron chi connectivity index (χ1n) is 8.30. The van der Waals surface area contributed by atoms with Crippen molar-refractivity contribution in [1.82, 2.24) is 9.55 Å². The fraction of sp³-hybridized carbons (Fsp3) is 0.158. The number of benzene rings is 1. The highest BCUT2D eigenvalue weighted by atomic mass is 35.5. The molecule has 9 heteroatoms. The van der Waals surface area contributed by atoms with Crippen LogP contribution in [0.15, 0.2) is 42.3 Å². The summed E-state index contributed by atoms with van der Waals surface area (Å²) in [6, 6.07) is 5.95. The van der Waals surface area contributed by atoms with Gasteiger partial charge in [0.2, 0.25) is 0 Å². The molecule has 2 heterocycles. The van der Waals surface area contributed by atoms with Gasteiger partial charge in [-0.25, -0.2) is 4.98 Å². The van der Waals surface area contributed by atoms with E-state index < -0.39 is 10.8 Å². The molecule has 1 aromatic carbocycles. The van der Waals surface area contributed by atoms with E-state index in [9.17, 15) is 14.9 Å². The molecule has 0 unspecified atom stereocenters. The third-order valence-electron chi connectivity index (χ3n) is 4.29. The summed E-state index contributed by atoms with van der Waals surface area (Å²) in [5, 5.41) is 15.9. The van der Waals surface area contributed by atoms with Gasteiger partial charge in [0.1, 0.15) is 5.02 Å². The molecule has 0 saturated carbocycles. The fourth-order valence-corrected chi connectivity index (χ4v) is 3.78. The number of nitrogens with zero attached hydrogens (tertiary/aromatic N) is 3. The van der Waals surface area contributed by atoms with Crippen LogP contribution in [0.5, 0.6) is 0 Å². The number of hydrogen-bond donors (Lipinski definition) is 1. The summed E-state index contributed by atoms with van der Waals surface area (Å²) >= 11 is 7.07. The van der Waals surface area contributed by atoms with Crippen molar-refractivity contribution in [2.24, 2.45) is 0 Å². The molecule has 0 saturated heterocycles. The van der Waals surface area contributed by atoms with Gasteiger partial charge >= 0.3 is 0 Å². The van der Waals surface area contributed by atoms with Gasteiger partial charge in [-0.2, -0.15) is 0 Å². The van der Waals surface area contributed by atoms with Crippen molar-refractivity contribution in [3.05, 3.63) is 74.4 Å². The second kappa shape index (κ2) is 7.95. The summed E-state index contributed by atoms with van der Waals surface area (Å²) in [6.45, 7) is 8.51. The van der Waals surface area contributed by atoms with Crippen molar-refractivity contribution in [2.75, 3.05) is 5.32 Å². The van der Waals surface area contributed by atoms with Crippen molar-refractivity contribution in [2.45, 2.75) is 20.4 Å². The smallest absolute Gasteiger partial charge is 0.288 e. The van der Waals surface area contributed by atoms with Gasteiger partial charge in [0.05, 0.1) is 10.6 Å². The Hall–Kier alpha value is -2.97. The number of halogens is 1. The van der Waals surface area contributed by atoms with E-state index in [1.54, 1.807) is 0 Å². The van der Waals surface area contributed by atoms with E-state index in [-0.39, 0.29) is 16.3 Å². The number of carbonyl (C=O) groups is 1. The van der Waals surface area contributed by atoms with E-state index in [1.807, 2.05) is 31.4 Å². The summed E-state index contributed by atoms with van der Waals surface area (Å²) in [5.74, 6) is -0.488. The molecule has 1 amide bonds. The zero-order valence-corrected chi connectivity index (χ0v) is 16.8. The number of allylic oxidation sites excluding steroid dienone is 1. The first-order valence-corrected chi connectivity index (χ1v) is 9.56. The van der Waals surface area contributed by atoms with Crippen LogP contribution in [0.2, 0.25) is 5.02 Å². The second-order valence-corrected chi connectivity index (χ2v) is 7.36. The summed E-state index contributed by atoms with van der Waals surface area (Å²) in [7, 11) is 0. The van der Waals surface area contributed by atoms with E-state index >= 15 is 0 Å². The minimum atomic E-state index is -0.625. The van der Waals surface area contributed by atoms with Crippen molar-refractivity contribution < 1.29 is 9.72 Å². The molecule has 144 valence electrons. The highest BCUT2D eigenvalue weighted by Crippen LogP contribution is 2.30. The normalized spacial score (nSPS) is 10.7. The molecular formula is C19H17ClN4O3S. The number of amides is 1. The number of carbonyl (C=O) groups excluding carboxylic acids is 1. The Bertz CT molecular complexity index is 1090. The Kier molecular flexibility index (Phi) is 5.62. The zero-order chi connectivity index (χ0) is 20.4. The molecule has 0 atom stereocenters. The van der Waals surface area contributed by atoms with Crippen LogP contribution in [0.1, 0.15) is 21.7 Å². The number of rotatable bonds is 6. The van der Waals surface area contributed by atoms with Crippen LogP contribution in [-0.4, -0.2) is 20.4 Å². The lowest BCUT2D eigenvalue weighted by Gasteiger charge is -2.05. The molecule has 2 aromatic heterocycles. The molecule has 28 heavy (non-hydrogen) atoms. The largest absolute Gasteiger partial charge is 0.345 e. The van der Waals surface area contributed by atoms with E-state index in [0.717, 1.165) is 28.7 Å². The zero-order valence-electron chi connectivity index (χ0n) is 15.2. The number of thiazole rings is 1. The molecule has 0 aliphatic carbocycles. The Labute approximate surface area is 170 Å². The highest BCUT2D eigenvalue weighted by molar-refractivity contribution is 7.14. The Morgan fingerprint density at radius 3 is 2.86 bits per heavy atom. The minimum absolute atomic E-state index is 0.0204. The second-order valence-electron chi connectivity index (χ2n) is 6.10. The first-order chi connectivity index (χ1) is 13.3. The molecule has 3 rings (SSSR count). The summed E-state index contributed by atoms with van der Waals surface area (Å²) < 4.78 is 2.13. The van der Waals surface area contributed by atoms with Crippen LogP contribution in [0.3, 0.4) is 0 Å². The predicted molar refractivity (Wildman–Crippen MR) is 111 cm³/mol. The van der Waals surface area contributed by atoms with Gasteiger partial charge < -0.3 is 4.57 Å². The van der Waals surface area contributed by atoms with E-state index in [1.165, 1.54) is 23.5 Å². The third kappa shape index (κ3) is 3.83. The molecule has 0 radical (unpaired) electrons. The fourth-order valence-electron chi connectivity index (χ4n) is 2.89. The predicted octanol–water partition coefficient (Wildman–Crippen LogP) is 5.23. The van der Waals surface area contributed by atoms with Crippen LogP contribution in [0, 0.1) is 24.0 Å². The standard InChI is InChI=1S/C19H17ClN4O3S/c1-4-7-23-11(2)8-14(12(23)3)16-10-28-19(21-16)22-18(25)13-5-6-15(20)17(9-13)24(26)27/h4-6,8-10H,1,7H2,2-3H3,(H,21,22,25). The molecule has 0 aliphatic heterocycles. The maximum absolute atomic E-state index is 12.4. The van der Waals surface area contributed by atoms with Gasteiger partial charge in [-0.05, 0) is 32.0 Å². The maximum Gasteiger partial charge on any atom is 0.288 e. The monoisotopic (exact) mass is 416 g/mol. The van der Waals surface area contributed by atoms with Crippen LogP contribution in [0.4, 0.5) is 10.8 Å². The highest BCUT2D eigenvalue weighted by Gasteiger charge is 2.18. The van der Waals surface area contributed by atoms with Gasteiger partial charge in [-0.15, -0.1) is 17.9 Å². The Morgan fingerprint density at radius 1 is 1.43 bits per heavy atom. The summed E-state index contributed by atoms with van der Waals surface area (Å²) in [4.78, 5) is 27.3. The molecule has 3 aromatic rings. The van der Waals surface area contributed by atoms with E-state index in [2.05, 4.69) is 21.4 Å². The molecule has 1 N–H and O–H groups in total. The quantitative estimate of drug-likeness (QED) is 0.338. The molecule has 0 bridgehead atoms. The lowest BCUT2D eigenvalue weighted by molar-refractivity contribution is -0.384. The topological polar surface area (TPSA) is 90.1 Å². The molecule has 0 spiro atoms. The number of aromatic nitrogens is 2. The van der Waals surface area contributed by atoms with Crippen molar-refractivity contribution in [3.63, 3.8) is 0 Å². The van der Waals surface area contributed by atoms with Crippen molar-refractivity contribution in [3.8, 4) is 11.3 Å². The van der Waals surface area contributed by atoms with E-state index in [0.29, 0.717) is 11.7 Å². The lowest BCUT2D eigenvalue weighted by atomic mass is 10.2. The van der Waals surface area contributed by atoms with Gasteiger partial charge in [0, 0.05) is 40.5 Å². The van der Waals surface area contributed by atoms with Crippen LogP contribution in [-0.2, 0) is 6.54 Å². The molecular weight excluding hydrogens is 400 g/mol. The third-order valence-corrected chi connectivity index (χ3v) is 5.37. The number of hydrogen-bond acceptors (Lipinski definition) is 5. The number of nitro groups is 1. The van der Waals surface area contributed by atoms with Gasteiger partial charge in [0.25, 0.3) is 11.6 Å². The maximum atomic E-state index is 12.4.